The molecule has 1 aromatic rings. The Labute approximate surface area is 114 Å². The molecule has 0 saturated heterocycles. The molecular formula is C15H21NO3. The monoisotopic (exact) mass is 263 g/mol. The Balaban J connectivity index is 2.65. The summed E-state index contributed by atoms with van der Waals surface area (Å²) in [4.78, 5) is 25.2. The standard InChI is InChI=1S/C15H21NO3/c1-11(15(18)19-4)10-16(3)14(17)12(2)13-8-6-5-7-9-13/h5-9,11-12H,10H2,1-4H3. The second kappa shape index (κ2) is 6.92. The van der Waals surface area contributed by atoms with Crippen LogP contribution in [0.25, 0.3) is 0 Å². The van der Waals surface area contributed by atoms with Crippen molar-refractivity contribution in [3.63, 3.8) is 0 Å². The zero-order valence-electron chi connectivity index (χ0n) is 11.9. The lowest BCUT2D eigenvalue weighted by atomic mass is 9.99. The van der Waals surface area contributed by atoms with Crippen LogP contribution in [-0.4, -0.2) is 37.5 Å². The van der Waals surface area contributed by atoms with Crippen molar-refractivity contribution in [2.75, 3.05) is 20.7 Å². The van der Waals surface area contributed by atoms with Crippen LogP contribution in [0.4, 0.5) is 0 Å². The van der Waals surface area contributed by atoms with Gasteiger partial charge in [-0.3, -0.25) is 9.59 Å². The first kappa shape index (κ1) is 15.2. The van der Waals surface area contributed by atoms with Crippen molar-refractivity contribution in [3.8, 4) is 0 Å². The van der Waals surface area contributed by atoms with E-state index in [0.29, 0.717) is 6.54 Å². The number of carbonyl (C=O) groups excluding carboxylic acids is 2. The molecule has 0 N–H and O–H groups in total. The number of benzene rings is 1. The Morgan fingerprint density at radius 3 is 2.32 bits per heavy atom. The first-order chi connectivity index (χ1) is 8.97. The van der Waals surface area contributed by atoms with Crippen LogP contribution in [0.2, 0.25) is 0 Å². The van der Waals surface area contributed by atoms with Gasteiger partial charge in [0.2, 0.25) is 5.91 Å². The van der Waals surface area contributed by atoms with E-state index < -0.39 is 0 Å². The van der Waals surface area contributed by atoms with Crippen LogP contribution >= 0.6 is 0 Å². The lowest BCUT2D eigenvalue weighted by Gasteiger charge is -2.23. The molecule has 0 aliphatic heterocycles. The molecule has 0 heterocycles. The SMILES string of the molecule is COC(=O)C(C)CN(C)C(=O)C(C)c1ccccc1. The number of hydrogen-bond acceptors (Lipinski definition) is 3. The molecule has 4 nitrogen and oxygen atoms in total. The van der Waals surface area contributed by atoms with Gasteiger partial charge in [0.1, 0.15) is 0 Å². The predicted octanol–water partition coefficient (Wildman–Crippen LogP) is 2.06. The molecule has 1 rings (SSSR count). The van der Waals surface area contributed by atoms with Crippen LogP contribution in [0.3, 0.4) is 0 Å². The molecule has 4 heteroatoms. The van der Waals surface area contributed by atoms with Gasteiger partial charge in [-0.05, 0) is 12.5 Å². The Morgan fingerprint density at radius 2 is 1.79 bits per heavy atom. The van der Waals surface area contributed by atoms with Crippen LogP contribution in [0.15, 0.2) is 30.3 Å². The van der Waals surface area contributed by atoms with E-state index in [-0.39, 0.29) is 23.7 Å². The first-order valence-electron chi connectivity index (χ1n) is 6.35. The fourth-order valence-corrected chi connectivity index (χ4v) is 1.99. The van der Waals surface area contributed by atoms with Gasteiger partial charge in [-0.25, -0.2) is 0 Å². The molecule has 1 aromatic carbocycles. The average molecular weight is 263 g/mol. The Bertz CT molecular complexity index is 430. The van der Waals surface area contributed by atoms with Crippen LogP contribution in [0, 0.1) is 5.92 Å². The van der Waals surface area contributed by atoms with Gasteiger partial charge < -0.3 is 9.64 Å². The number of amides is 1. The summed E-state index contributed by atoms with van der Waals surface area (Å²) < 4.78 is 4.66. The highest BCUT2D eigenvalue weighted by atomic mass is 16.5. The molecule has 1 amide bonds. The third-order valence-electron chi connectivity index (χ3n) is 3.20. The van der Waals surface area contributed by atoms with E-state index >= 15 is 0 Å². The minimum absolute atomic E-state index is 0.00181. The molecule has 19 heavy (non-hydrogen) atoms. The average Bonchev–Trinajstić information content (AvgIpc) is 2.45. The van der Waals surface area contributed by atoms with E-state index in [1.165, 1.54) is 7.11 Å². The highest BCUT2D eigenvalue weighted by Gasteiger charge is 2.23. The molecule has 2 unspecified atom stereocenters. The third kappa shape index (κ3) is 4.09. The maximum atomic E-state index is 12.3. The lowest BCUT2D eigenvalue weighted by Crippen LogP contribution is -2.36. The van der Waals surface area contributed by atoms with E-state index in [9.17, 15) is 9.59 Å². The second-order valence-electron chi connectivity index (χ2n) is 4.78. The maximum Gasteiger partial charge on any atom is 0.310 e. The van der Waals surface area contributed by atoms with Crippen molar-refractivity contribution in [2.24, 2.45) is 5.92 Å². The quantitative estimate of drug-likeness (QED) is 0.764. The minimum atomic E-state index is -0.318. The number of hydrogen-bond donors (Lipinski definition) is 0. The Kier molecular flexibility index (Phi) is 5.55. The normalized spacial score (nSPS) is 13.5. The molecule has 0 aliphatic rings. The Hall–Kier alpha value is -1.84. The van der Waals surface area contributed by atoms with Crippen LogP contribution in [-0.2, 0) is 14.3 Å². The van der Waals surface area contributed by atoms with E-state index in [2.05, 4.69) is 4.74 Å². The van der Waals surface area contributed by atoms with Gasteiger partial charge in [-0.15, -0.1) is 0 Å². The fourth-order valence-electron chi connectivity index (χ4n) is 1.99. The summed E-state index contributed by atoms with van der Waals surface area (Å²) in [6, 6.07) is 9.61. The number of likely N-dealkylation sites (N-methyl/N-ethyl adjacent to an activating group) is 1. The van der Waals surface area contributed by atoms with Gasteiger partial charge in [0.05, 0.1) is 18.9 Å². The predicted molar refractivity (Wildman–Crippen MR) is 73.7 cm³/mol. The number of rotatable bonds is 5. The van der Waals surface area contributed by atoms with E-state index in [0.717, 1.165) is 5.56 Å². The van der Waals surface area contributed by atoms with Crippen LogP contribution in [0.5, 0.6) is 0 Å². The van der Waals surface area contributed by atoms with Crippen molar-refractivity contribution in [1.29, 1.82) is 0 Å². The molecule has 0 aliphatic carbocycles. The zero-order valence-corrected chi connectivity index (χ0v) is 11.9. The highest BCUT2D eigenvalue weighted by molar-refractivity contribution is 5.83. The zero-order chi connectivity index (χ0) is 14.4. The minimum Gasteiger partial charge on any atom is -0.469 e. The molecule has 0 saturated carbocycles. The molecule has 2 atom stereocenters. The van der Waals surface area contributed by atoms with Gasteiger partial charge in [0.15, 0.2) is 0 Å². The number of methoxy groups -OCH3 is 1. The summed E-state index contributed by atoms with van der Waals surface area (Å²) in [5.74, 6) is -0.827. The molecule has 0 fully saturated rings. The molecule has 0 bridgehead atoms. The third-order valence-corrected chi connectivity index (χ3v) is 3.20. The van der Waals surface area contributed by atoms with Gasteiger partial charge in [0, 0.05) is 13.6 Å². The molecular weight excluding hydrogens is 242 g/mol. The Morgan fingerprint density at radius 1 is 1.21 bits per heavy atom. The van der Waals surface area contributed by atoms with E-state index in [4.69, 9.17) is 0 Å². The summed E-state index contributed by atoms with van der Waals surface area (Å²) in [5, 5.41) is 0. The van der Waals surface area contributed by atoms with Crippen molar-refractivity contribution in [3.05, 3.63) is 35.9 Å². The first-order valence-corrected chi connectivity index (χ1v) is 6.35. The van der Waals surface area contributed by atoms with Gasteiger partial charge >= 0.3 is 5.97 Å². The van der Waals surface area contributed by atoms with Gasteiger partial charge in [0.25, 0.3) is 0 Å². The summed E-state index contributed by atoms with van der Waals surface area (Å²) >= 11 is 0. The van der Waals surface area contributed by atoms with Crippen LogP contribution < -0.4 is 0 Å². The smallest absolute Gasteiger partial charge is 0.310 e. The summed E-state index contributed by atoms with van der Waals surface area (Å²) in [6.07, 6.45) is 0. The fraction of sp³-hybridized carbons (Fsp3) is 0.467. The molecule has 0 spiro atoms. The number of carbonyl (C=O) groups is 2. The van der Waals surface area contributed by atoms with Crippen LogP contribution in [0.1, 0.15) is 25.3 Å². The highest BCUT2D eigenvalue weighted by Crippen LogP contribution is 2.17. The van der Waals surface area contributed by atoms with Crippen molar-refractivity contribution in [1.82, 2.24) is 4.90 Å². The summed E-state index contributed by atoms with van der Waals surface area (Å²) in [5.41, 5.74) is 0.977. The van der Waals surface area contributed by atoms with E-state index in [1.54, 1.807) is 18.9 Å². The maximum absolute atomic E-state index is 12.3. The van der Waals surface area contributed by atoms with Crippen molar-refractivity contribution in [2.45, 2.75) is 19.8 Å². The topological polar surface area (TPSA) is 46.6 Å². The van der Waals surface area contributed by atoms with Crippen molar-refractivity contribution >= 4 is 11.9 Å². The largest absolute Gasteiger partial charge is 0.469 e. The molecule has 104 valence electrons. The number of esters is 1. The number of ether oxygens (including phenoxy) is 1. The summed E-state index contributed by atoms with van der Waals surface area (Å²) in [6.45, 7) is 3.99. The van der Waals surface area contributed by atoms with E-state index in [1.807, 2.05) is 37.3 Å². The molecule has 0 radical (unpaired) electrons. The summed E-state index contributed by atoms with van der Waals surface area (Å²) in [7, 11) is 3.06. The van der Waals surface area contributed by atoms with Gasteiger partial charge in [-0.1, -0.05) is 37.3 Å². The second-order valence-corrected chi connectivity index (χ2v) is 4.78. The molecule has 0 aromatic heterocycles. The van der Waals surface area contributed by atoms with Gasteiger partial charge in [-0.2, -0.15) is 0 Å². The van der Waals surface area contributed by atoms with Crippen molar-refractivity contribution < 1.29 is 14.3 Å². The number of nitrogens with zero attached hydrogens (tertiary/aromatic N) is 1. The lowest BCUT2D eigenvalue weighted by molar-refractivity contribution is -0.146.